The van der Waals surface area contributed by atoms with Gasteiger partial charge in [-0.15, -0.1) is 0 Å². The van der Waals surface area contributed by atoms with Crippen LogP contribution in [-0.4, -0.2) is 40.0 Å². The van der Waals surface area contributed by atoms with Gasteiger partial charge in [0.1, 0.15) is 10.6 Å². The van der Waals surface area contributed by atoms with Crippen LogP contribution in [0, 0.1) is 11.8 Å². The summed E-state index contributed by atoms with van der Waals surface area (Å²) in [6.45, 7) is 1.64. The Labute approximate surface area is 132 Å². The van der Waals surface area contributed by atoms with Gasteiger partial charge in [0.25, 0.3) is 0 Å². The molecule has 22 heavy (non-hydrogen) atoms. The molecule has 6 heteroatoms. The van der Waals surface area contributed by atoms with Gasteiger partial charge in [0.2, 0.25) is 10.0 Å². The lowest BCUT2D eigenvalue weighted by molar-refractivity contribution is 0.184. The van der Waals surface area contributed by atoms with Gasteiger partial charge in [-0.1, -0.05) is 6.07 Å². The lowest BCUT2D eigenvalue weighted by Crippen LogP contribution is -2.29. The van der Waals surface area contributed by atoms with Crippen LogP contribution in [0.5, 0.6) is 5.75 Å². The van der Waals surface area contributed by atoms with Crippen LogP contribution in [0.2, 0.25) is 0 Å². The minimum atomic E-state index is -3.51. The Morgan fingerprint density at radius 2 is 1.95 bits per heavy atom. The fourth-order valence-corrected chi connectivity index (χ4v) is 4.96. The molecule has 1 aromatic carbocycles. The number of rotatable bonds is 6. The topological polar surface area (TPSA) is 55.8 Å². The lowest BCUT2D eigenvalue weighted by Gasteiger charge is -2.19. The number of methoxy groups -OCH3 is 2. The second kappa shape index (κ2) is 6.18. The van der Waals surface area contributed by atoms with Crippen molar-refractivity contribution in [1.82, 2.24) is 4.31 Å². The van der Waals surface area contributed by atoms with Gasteiger partial charge in [-0.05, 0) is 48.8 Å². The summed E-state index contributed by atoms with van der Waals surface area (Å²) in [4.78, 5) is 0.251. The van der Waals surface area contributed by atoms with Crippen molar-refractivity contribution in [2.45, 2.75) is 30.8 Å². The van der Waals surface area contributed by atoms with Gasteiger partial charge in [0.15, 0.2) is 0 Å². The first-order chi connectivity index (χ1) is 10.6. The van der Waals surface area contributed by atoms with Crippen molar-refractivity contribution >= 4 is 10.0 Å². The zero-order valence-electron chi connectivity index (χ0n) is 13.1. The molecule has 3 rings (SSSR count). The van der Waals surface area contributed by atoms with E-state index in [0.717, 1.165) is 17.9 Å². The molecular formula is C16H23NO4S. The van der Waals surface area contributed by atoms with Crippen molar-refractivity contribution in [3.8, 4) is 5.75 Å². The molecule has 1 saturated heterocycles. The Morgan fingerprint density at radius 1 is 1.18 bits per heavy atom. The quantitative estimate of drug-likeness (QED) is 0.805. The van der Waals surface area contributed by atoms with Crippen molar-refractivity contribution in [2.24, 2.45) is 11.8 Å². The first-order valence-electron chi connectivity index (χ1n) is 7.72. The van der Waals surface area contributed by atoms with E-state index in [1.807, 2.05) is 6.07 Å². The maximum absolute atomic E-state index is 13.0. The van der Waals surface area contributed by atoms with Gasteiger partial charge in [0.05, 0.1) is 13.7 Å². The standard InChI is InChI=1S/C16H23NO4S/c1-20-11-12-3-6-15(21-2)16(9-12)22(18,19)17-8-7-14(10-17)13-4-5-13/h3,6,9,13-14H,4-5,7-8,10-11H2,1-2H3. The minimum Gasteiger partial charge on any atom is -0.495 e. The molecule has 0 amide bonds. The summed E-state index contributed by atoms with van der Waals surface area (Å²) in [7, 11) is -0.410. The van der Waals surface area contributed by atoms with Crippen LogP contribution in [0.1, 0.15) is 24.8 Å². The van der Waals surface area contributed by atoms with E-state index in [4.69, 9.17) is 9.47 Å². The first-order valence-corrected chi connectivity index (χ1v) is 9.16. The molecule has 1 aliphatic heterocycles. The summed E-state index contributed by atoms with van der Waals surface area (Å²) in [5.41, 5.74) is 0.833. The molecule has 1 atom stereocenters. The van der Waals surface area contributed by atoms with E-state index in [1.165, 1.54) is 20.0 Å². The van der Waals surface area contributed by atoms with Crippen LogP contribution in [-0.2, 0) is 21.4 Å². The summed E-state index contributed by atoms with van der Waals surface area (Å²) in [5.74, 6) is 1.67. The van der Waals surface area contributed by atoms with Crippen molar-refractivity contribution < 1.29 is 17.9 Å². The molecule has 1 saturated carbocycles. The molecule has 122 valence electrons. The fourth-order valence-electron chi connectivity index (χ4n) is 3.24. The SMILES string of the molecule is COCc1ccc(OC)c(S(=O)(=O)N2CCC(C3CC3)C2)c1. The van der Waals surface area contributed by atoms with Crippen LogP contribution in [0.3, 0.4) is 0 Å². The highest BCUT2D eigenvalue weighted by Crippen LogP contribution is 2.42. The Bertz CT molecular complexity index is 640. The van der Waals surface area contributed by atoms with Crippen molar-refractivity contribution in [3.63, 3.8) is 0 Å². The van der Waals surface area contributed by atoms with Crippen LogP contribution in [0.4, 0.5) is 0 Å². The summed E-state index contributed by atoms with van der Waals surface area (Å²) < 4.78 is 37.9. The number of nitrogens with zero attached hydrogens (tertiary/aromatic N) is 1. The van der Waals surface area contributed by atoms with E-state index < -0.39 is 10.0 Å². The molecule has 2 fully saturated rings. The highest BCUT2D eigenvalue weighted by Gasteiger charge is 2.40. The smallest absolute Gasteiger partial charge is 0.246 e. The Hall–Kier alpha value is -1.11. The number of sulfonamides is 1. The fraction of sp³-hybridized carbons (Fsp3) is 0.625. The van der Waals surface area contributed by atoms with Gasteiger partial charge >= 0.3 is 0 Å². The second-order valence-corrected chi connectivity index (χ2v) is 8.07. The van der Waals surface area contributed by atoms with Crippen LogP contribution >= 0.6 is 0 Å². The van der Waals surface area contributed by atoms with E-state index in [9.17, 15) is 8.42 Å². The summed E-state index contributed by atoms with van der Waals surface area (Å²) in [5, 5.41) is 0. The maximum atomic E-state index is 13.0. The van der Waals surface area contributed by atoms with E-state index in [1.54, 1.807) is 23.5 Å². The third-order valence-corrected chi connectivity index (χ3v) is 6.52. The molecule has 2 aliphatic rings. The van der Waals surface area contributed by atoms with E-state index in [0.29, 0.717) is 31.4 Å². The maximum Gasteiger partial charge on any atom is 0.246 e. The van der Waals surface area contributed by atoms with Crippen molar-refractivity contribution in [1.29, 1.82) is 0 Å². The molecule has 1 heterocycles. The van der Waals surface area contributed by atoms with Crippen LogP contribution in [0.25, 0.3) is 0 Å². The Morgan fingerprint density at radius 3 is 2.59 bits per heavy atom. The van der Waals surface area contributed by atoms with E-state index in [2.05, 4.69) is 0 Å². The van der Waals surface area contributed by atoms with Gasteiger partial charge in [0, 0.05) is 20.2 Å². The molecular weight excluding hydrogens is 302 g/mol. The number of ether oxygens (including phenoxy) is 2. The monoisotopic (exact) mass is 325 g/mol. The molecule has 0 aromatic heterocycles. The van der Waals surface area contributed by atoms with Crippen LogP contribution in [0.15, 0.2) is 23.1 Å². The Balaban J connectivity index is 1.88. The average molecular weight is 325 g/mol. The third kappa shape index (κ3) is 3.00. The predicted molar refractivity (Wildman–Crippen MR) is 83.3 cm³/mol. The normalized spacial score (nSPS) is 22.9. The largest absolute Gasteiger partial charge is 0.495 e. The summed E-state index contributed by atoms with van der Waals surface area (Å²) >= 11 is 0. The van der Waals surface area contributed by atoms with Gasteiger partial charge in [-0.3, -0.25) is 0 Å². The zero-order chi connectivity index (χ0) is 15.7. The average Bonchev–Trinajstić information content (AvgIpc) is 3.24. The molecule has 1 aromatic rings. The molecule has 0 spiro atoms. The number of hydrogen-bond donors (Lipinski definition) is 0. The zero-order valence-corrected chi connectivity index (χ0v) is 13.9. The lowest BCUT2D eigenvalue weighted by atomic mass is 10.0. The third-order valence-electron chi connectivity index (χ3n) is 4.63. The molecule has 0 bridgehead atoms. The van der Waals surface area contributed by atoms with E-state index in [-0.39, 0.29) is 4.90 Å². The molecule has 0 N–H and O–H groups in total. The van der Waals surface area contributed by atoms with E-state index >= 15 is 0 Å². The second-order valence-electron chi connectivity index (χ2n) is 6.17. The molecule has 5 nitrogen and oxygen atoms in total. The highest BCUT2D eigenvalue weighted by molar-refractivity contribution is 7.89. The van der Waals surface area contributed by atoms with Crippen LogP contribution < -0.4 is 4.74 Å². The number of benzene rings is 1. The summed E-state index contributed by atoms with van der Waals surface area (Å²) in [6, 6.07) is 5.20. The van der Waals surface area contributed by atoms with Crippen molar-refractivity contribution in [3.05, 3.63) is 23.8 Å². The molecule has 1 unspecified atom stereocenters. The molecule has 1 aliphatic carbocycles. The van der Waals surface area contributed by atoms with Gasteiger partial charge in [-0.25, -0.2) is 8.42 Å². The van der Waals surface area contributed by atoms with Gasteiger partial charge < -0.3 is 9.47 Å². The first kappa shape index (κ1) is 15.8. The summed E-state index contributed by atoms with van der Waals surface area (Å²) in [6.07, 6.45) is 3.49. The van der Waals surface area contributed by atoms with Crippen molar-refractivity contribution in [2.75, 3.05) is 27.3 Å². The Kier molecular flexibility index (Phi) is 4.43. The van der Waals surface area contributed by atoms with Gasteiger partial charge in [-0.2, -0.15) is 4.31 Å². The predicted octanol–water partition coefficient (Wildman–Crippen LogP) is 2.26. The highest BCUT2D eigenvalue weighted by atomic mass is 32.2. The number of hydrogen-bond acceptors (Lipinski definition) is 4. The minimum absolute atomic E-state index is 0.251. The molecule has 0 radical (unpaired) electrons.